The van der Waals surface area contributed by atoms with E-state index in [4.69, 9.17) is 5.73 Å². The topological polar surface area (TPSA) is 73.1 Å². The van der Waals surface area contributed by atoms with Gasteiger partial charge in [0, 0.05) is 17.4 Å². The molecule has 0 fully saturated rings. The van der Waals surface area contributed by atoms with Gasteiger partial charge in [-0.2, -0.15) is 0 Å². The molecule has 1 aromatic heterocycles. The van der Waals surface area contributed by atoms with E-state index in [0.717, 1.165) is 12.3 Å². The van der Waals surface area contributed by atoms with Gasteiger partial charge in [0.25, 0.3) is 0 Å². The van der Waals surface area contributed by atoms with E-state index < -0.39 is 17.1 Å². The van der Waals surface area contributed by atoms with Crippen LogP contribution in [0.2, 0.25) is 0 Å². The summed E-state index contributed by atoms with van der Waals surface area (Å²) in [5.41, 5.74) is 4.92. The molecule has 0 spiro atoms. The molecule has 86 valence electrons. The van der Waals surface area contributed by atoms with Crippen molar-refractivity contribution in [2.45, 2.75) is 20.3 Å². The standard InChI is InChI=1S/C11H13FN2O2/c1-11(2,10(13)16)4-9-7(6-15)3-8(12)5-14-9/h3,5-6H,4H2,1-2H3,(H2,13,16). The number of halogens is 1. The van der Waals surface area contributed by atoms with Gasteiger partial charge in [0.15, 0.2) is 6.29 Å². The van der Waals surface area contributed by atoms with E-state index in [9.17, 15) is 14.0 Å². The first-order valence-corrected chi connectivity index (χ1v) is 4.76. The van der Waals surface area contributed by atoms with Gasteiger partial charge in [0.2, 0.25) is 5.91 Å². The minimum atomic E-state index is -0.817. The Kier molecular flexibility index (Phi) is 3.37. The summed E-state index contributed by atoms with van der Waals surface area (Å²) in [5, 5.41) is 0. The lowest BCUT2D eigenvalue weighted by molar-refractivity contribution is -0.125. The summed E-state index contributed by atoms with van der Waals surface area (Å²) >= 11 is 0. The van der Waals surface area contributed by atoms with Crippen molar-refractivity contribution < 1.29 is 14.0 Å². The van der Waals surface area contributed by atoms with Crippen molar-refractivity contribution >= 4 is 12.2 Å². The van der Waals surface area contributed by atoms with E-state index in [-0.39, 0.29) is 12.0 Å². The predicted molar refractivity (Wildman–Crippen MR) is 56.3 cm³/mol. The normalized spacial score (nSPS) is 11.2. The number of carbonyl (C=O) groups excluding carboxylic acids is 2. The number of primary amides is 1. The first-order chi connectivity index (χ1) is 7.36. The molecule has 0 radical (unpaired) electrons. The highest BCUT2D eigenvalue weighted by Crippen LogP contribution is 2.21. The Bertz CT molecular complexity index is 430. The van der Waals surface area contributed by atoms with Gasteiger partial charge in [-0.05, 0) is 6.07 Å². The van der Waals surface area contributed by atoms with Crippen molar-refractivity contribution in [1.82, 2.24) is 4.98 Å². The van der Waals surface area contributed by atoms with Crippen molar-refractivity contribution in [3.05, 3.63) is 29.3 Å². The molecule has 1 aromatic rings. The Hall–Kier alpha value is -1.78. The van der Waals surface area contributed by atoms with Crippen LogP contribution in [0, 0.1) is 11.2 Å². The van der Waals surface area contributed by atoms with Crippen LogP contribution in [-0.4, -0.2) is 17.2 Å². The number of pyridine rings is 1. The molecular weight excluding hydrogens is 211 g/mol. The number of nitrogens with two attached hydrogens (primary N) is 1. The fourth-order valence-corrected chi connectivity index (χ4v) is 1.24. The Morgan fingerprint density at radius 3 is 2.75 bits per heavy atom. The average Bonchev–Trinajstić information content (AvgIpc) is 2.20. The van der Waals surface area contributed by atoms with Crippen LogP contribution >= 0.6 is 0 Å². The van der Waals surface area contributed by atoms with Crippen LogP contribution < -0.4 is 5.73 Å². The number of carbonyl (C=O) groups is 2. The highest BCUT2D eigenvalue weighted by molar-refractivity contribution is 5.81. The van der Waals surface area contributed by atoms with E-state index >= 15 is 0 Å². The van der Waals surface area contributed by atoms with Crippen molar-refractivity contribution in [2.75, 3.05) is 0 Å². The molecule has 0 aliphatic rings. The maximum Gasteiger partial charge on any atom is 0.223 e. The van der Waals surface area contributed by atoms with Crippen molar-refractivity contribution in [1.29, 1.82) is 0 Å². The van der Waals surface area contributed by atoms with Crippen LogP contribution in [0.1, 0.15) is 29.9 Å². The molecule has 0 saturated heterocycles. The van der Waals surface area contributed by atoms with Crippen molar-refractivity contribution in [3.63, 3.8) is 0 Å². The van der Waals surface area contributed by atoms with E-state index in [1.54, 1.807) is 13.8 Å². The van der Waals surface area contributed by atoms with E-state index in [0.29, 0.717) is 12.0 Å². The van der Waals surface area contributed by atoms with E-state index in [2.05, 4.69) is 4.98 Å². The zero-order valence-corrected chi connectivity index (χ0v) is 9.16. The molecule has 0 atom stereocenters. The molecule has 0 saturated carbocycles. The van der Waals surface area contributed by atoms with Crippen LogP contribution in [-0.2, 0) is 11.2 Å². The quantitative estimate of drug-likeness (QED) is 0.778. The molecule has 0 unspecified atom stereocenters. The second-order valence-corrected chi connectivity index (χ2v) is 4.23. The van der Waals surface area contributed by atoms with Gasteiger partial charge >= 0.3 is 0 Å². The number of aldehydes is 1. The third-order valence-electron chi connectivity index (χ3n) is 2.37. The van der Waals surface area contributed by atoms with Gasteiger partial charge in [0.05, 0.1) is 11.9 Å². The second-order valence-electron chi connectivity index (χ2n) is 4.23. The second kappa shape index (κ2) is 4.38. The Balaban J connectivity index is 3.06. The third-order valence-corrected chi connectivity index (χ3v) is 2.37. The smallest absolute Gasteiger partial charge is 0.223 e. The minimum Gasteiger partial charge on any atom is -0.369 e. The predicted octanol–water partition coefficient (Wildman–Crippen LogP) is 1.09. The SMILES string of the molecule is CC(C)(Cc1ncc(F)cc1C=O)C(N)=O. The highest BCUT2D eigenvalue weighted by atomic mass is 19.1. The Morgan fingerprint density at radius 1 is 1.62 bits per heavy atom. The van der Waals surface area contributed by atoms with Crippen LogP contribution in [0.4, 0.5) is 4.39 Å². The molecule has 1 heterocycles. The summed E-state index contributed by atoms with van der Waals surface area (Å²) in [6, 6.07) is 1.09. The minimum absolute atomic E-state index is 0.148. The third kappa shape index (κ3) is 2.62. The van der Waals surface area contributed by atoms with E-state index in [1.807, 2.05) is 0 Å². The molecule has 0 aromatic carbocycles. The largest absolute Gasteiger partial charge is 0.369 e. The lowest BCUT2D eigenvalue weighted by atomic mass is 9.86. The summed E-state index contributed by atoms with van der Waals surface area (Å²) in [4.78, 5) is 25.6. The molecule has 4 nitrogen and oxygen atoms in total. The summed E-state index contributed by atoms with van der Waals surface area (Å²) in [6.07, 6.45) is 1.73. The number of hydrogen-bond acceptors (Lipinski definition) is 3. The van der Waals surface area contributed by atoms with Crippen LogP contribution in [0.5, 0.6) is 0 Å². The molecule has 1 rings (SSSR count). The molecule has 0 aliphatic carbocycles. The summed E-state index contributed by atoms with van der Waals surface area (Å²) in [7, 11) is 0. The highest BCUT2D eigenvalue weighted by Gasteiger charge is 2.27. The van der Waals surface area contributed by atoms with Crippen molar-refractivity contribution in [3.8, 4) is 0 Å². The Labute approximate surface area is 92.7 Å². The Morgan fingerprint density at radius 2 is 2.25 bits per heavy atom. The fraction of sp³-hybridized carbons (Fsp3) is 0.364. The number of hydrogen-bond donors (Lipinski definition) is 1. The van der Waals surface area contributed by atoms with Crippen LogP contribution in [0.15, 0.2) is 12.3 Å². The van der Waals surface area contributed by atoms with Gasteiger partial charge < -0.3 is 5.73 Å². The fourth-order valence-electron chi connectivity index (χ4n) is 1.24. The maximum absolute atomic E-state index is 12.8. The monoisotopic (exact) mass is 224 g/mol. The van der Waals surface area contributed by atoms with E-state index in [1.165, 1.54) is 0 Å². The molecule has 16 heavy (non-hydrogen) atoms. The summed E-state index contributed by atoms with van der Waals surface area (Å²) in [5.74, 6) is -1.07. The van der Waals surface area contributed by atoms with Gasteiger partial charge in [-0.1, -0.05) is 13.8 Å². The maximum atomic E-state index is 12.8. The lowest BCUT2D eigenvalue weighted by Gasteiger charge is -2.20. The van der Waals surface area contributed by atoms with Gasteiger partial charge in [0.1, 0.15) is 5.82 Å². The lowest BCUT2D eigenvalue weighted by Crippen LogP contribution is -2.34. The van der Waals surface area contributed by atoms with Gasteiger partial charge in [-0.15, -0.1) is 0 Å². The average molecular weight is 224 g/mol. The van der Waals surface area contributed by atoms with Gasteiger partial charge in [-0.3, -0.25) is 14.6 Å². The summed E-state index contributed by atoms with van der Waals surface area (Å²) < 4.78 is 12.8. The number of aromatic nitrogens is 1. The summed E-state index contributed by atoms with van der Waals surface area (Å²) in [6.45, 7) is 3.30. The van der Waals surface area contributed by atoms with Crippen LogP contribution in [0.25, 0.3) is 0 Å². The molecule has 5 heteroatoms. The van der Waals surface area contributed by atoms with Gasteiger partial charge in [-0.25, -0.2) is 4.39 Å². The van der Waals surface area contributed by atoms with Crippen LogP contribution in [0.3, 0.4) is 0 Å². The molecule has 2 N–H and O–H groups in total. The molecule has 1 amide bonds. The molecule has 0 bridgehead atoms. The zero-order chi connectivity index (χ0) is 12.3. The first-order valence-electron chi connectivity index (χ1n) is 4.76. The number of rotatable bonds is 4. The zero-order valence-electron chi connectivity index (χ0n) is 9.16. The first kappa shape index (κ1) is 12.3. The molecular formula is C11H13FN2O2. The molecule has 0 aliphatic heterocycles. The number of nitrogens with zero attached hydrogens (tertiary/aromatic N) is 1. The number of amides is 1. The van der Waals surface area contributed by atoms with Crippen molar-refractivity contribution in [2.24, 2.45) is 11.1 Å².